The van der Waals surface area contributed by atoms with E-state index in [0.29, 0.717) is 6.61 Å². The van der Waals surface area contributed by atoms with Crippen LogP contribution in [0.2, 0.25) is 0 Å². The molecule has 4 nitrogen and oxygen atoms in total. The van der Waals surface area contributed by atoms with Crippen molar-refractivity contribution in [3.63, 3.8) is 0 Å². The van der Waals surface area contributed by atoms with Crippen molar-refractivity contribution in [3.05, 3.63) is 23.8 Å². The van der Waals surface area contributed by atoms with Crippen molar-refractivity contribution in [1.29, 1.82) is 0 Å². The van der Waals surface area contributed by atoms with E-state index in [4.69, 9.17) is 9.47 Å². The molecular formula is C17H30N2O2. The molecular weight excluding hydrogens is 264 g/mol. The first kappa shape index (κ1) is 17.8. The third-order valence-electron chi connectivity index (χ3n) is 3.58. The topological polar surface area (TPSA) is 33.7 Å². The summed E-state index contributed by atoms with van der Waals surface area (Å²) in [4.78, 5) is 2.45. The molecule has 120 valence electrons. The molecule has 0 radical (unpaired) electrons. The normalized spacial score (nSPS) is 10.9. The number of hydrogen-bond acceptors (Lipinski definition) is 4. The van der Waals surface area contributed by atoms with Gasteiger partial charge in [-0.1, -0.05) is 19.9 Å². The zero-order chi connectivity index (χ0) is 15.5. The molecule has 0 spiro atoms. The average molecular weight is 294 g/mol. The lowest BCUT2D eigenvalue weighted by atomic mass is 10.2. The molecule has 0 aromatic heterocycles. The third-order valence-corrected chi connectivity index (χ3v) is 3.58. The van der Waals surface area contributed by atoms with Gasteiger partial charge in [-0.3, -0.25) is 0 Å². The molecule has 0 aliphatic rings. The predicted octanol–water partition coefficient (Wildman–Crippen LogP) is 2.92. The van der Waals surface area contributed by atoms with Crippen molar-refractivity contribution >= 4 is 0 Å². The lowest BCUT2D eigenvalue weighted by molar-refractivity contribution is 0.298. The van der Waals surface area contributed by atoms with Crippen LogP contribution >= 0.6 is 0 Å². The van der Waals surface area contributed by atoms with Crippen molar-refractivity contribution in [2.45, 2.75) is 33.7 Å². The quantitative estimate of drug-likeness (QED) is 0.636. The van der Waals surface area contributed by atoms with Crippen LogP contribution in [0.5, 0.6) is 11.5 Å². The molecule has 21 heavy (non-hydrogen) atoms. The number of nitrogens with one attached hydrogen (secondary N) is 1. The molecule has 1 aromatic rings. The van der Waals surface area contributed by atoms with E-state index in [1.54, 1.807) is 7.11 Å². The minimum Gasteiger partial charge on any atom is -0.493 e. The Kier molecular flexibility index (Phi) is 8.87. The van der Waals surface area contributed by atoms with Gasteiger partial charge in [0.15, 0.2) is 11.5 Å². The van der Waals surface area contributed by atoms with Gasteiger partial charge in [0.25, 0.3) is 0 Å². The van der Waals surface area contributed by atoms with Crippen molar-refractivity contribution in [3.8, 4) is 11.5 Å². The molecule has 0 saturated carbocycles. The van der Waals surface area contributed by atoms with E-state index in [9.17, 15) is 0 Å². The van der Waals surface area contributed by atoms with Gasteiger partial charge in [-0.15, -0.1) is 0 Å². The van der Waals surface area contributed by atoms with Crippen molar-refractivity contribution in [2.24, 2.45) is 0 Å². The molecule has 0 amide bonds. The number of methoxy groups -OCH3 is 1. The van der Waals surface area contributed by atoms with Crippen LogP contribution in [0.15, 0.2) is 18.2 Å². The smallest absolute Gasteiger partial charge is 0.161 e. The average Bonchev–Trinajstić information content (AvgIpc) is 2.51. The summed E-state index contributed by atoms with van der Waals surface area (Å²) in [6.07, 6.45) is 1.18. The standard InChI is InChI=1S/C17H30N2O2/c1-5-19(6-2)12-8-11-18-14-15-9-10-16(20-4)17(13-15)21-7-3/h9-10,13,18H,5-8,11-12,14H2,1-4H3. The lowest BCUT2D eigenvalue weighted by Gasteiger charge is -2.17. The van der Waals surface area contributed by atoms with Crippen LogP contribution in [-0.2, 0) is 6.54 Å². The number of rotatable bonds is 11. The van der Waals surface area contributed by atoms with Gasteiger partial charge in [0.2, 0.25) is 0 Å². The van der Waals surface area contributed by atoms with Gasteiger partial charge < -0.3 is 19.7 Å². The summed E-state index contributed by atoms with van der Waals surface area (Å²) in [5.41, 5.74) is 1.22. The number of hydrogen-bond donors (Lipinski definition) is 1. The van der Waals surface area contributed by atoms with Crippen LogP contribution in [0.3, 0.4) is 0 Å². The second-order valence-corrected chi connectivity index (χ2v) is 4.98. The maximum absolute atomic E-state index is 5.60. The van der Waals surface area contributed by atoms with Crippen molar-refractivity contribution in [1.82, 2.24) is 10.2 Å². The van der Waals surface area contributed by atoms with E-state index in [1.807, 2.05) is 13.0 Å². The molecule has 0 fully saturated rings. The molecule has 1 aromatic carbocycles. The van der Waals surface area contributed by atoms with Crippen molar-refractivity contribution < 1.29 is 9.47 Å². The molecule has 0 aliphatic heterocycles. The zero-order valence-corrected chi connectivity index (χ0v) is 13.9. The second-order valence-electron chi connectivity index (χ2n) is 4.98. The molecule has 4 heteroatoms. The van der Waals surface area contributed by atoms with Crippen LogP contribution in [-0.4, -0.2) is 44.8 Å². The highest BCUT2D eigenvalue weighted by molar-refractivity contribution is 5.42. The van der Waals surface area contributed by atoms with E-state index < -0.39 is 0 Å². The van der Waals surface area contributed by atoms with E-state index in [-0.39, 0.29) is 0 Å². The summed E-state index contributed by atoms with van der Waals surface area (Å²) < 4.78 is 10.9. The second kappa shape index (κ2) is 10.5. The highest BCUT2D eigenvalue weighted by Crippen LogP contribution is 2.27. The van der Waals surface area contributed by atoms with Crippen LogP contribution in [0, 0.1) is 0 Å². The van der Waals surface area contributed by atoms with Gasteiger partial charge in [-0.25, -0.2) is 0 Å². The fourth-order valence-corrected chi connectivity index (χ4v) is 2.30. The van der Waals surface area contributed by atoms with Gasteiger partial charge in [-0.2, -0.15) is 0 Å². The summed E-state index contributed by atoms with van der Waals surface area (Å²) in [5.74, 6) is 1.62. The molecule has 0 atom stereocenters. The first-order valence-corrected chi connectivity index (χ1v) is 7.97. The molecule has 0 unspecified atom stereocenters. The Bertz CT molecular complexity index is 392. The van der Waals surface area contributed by atoms with Crippen LogP contribution in [0.1, 0.15) is 32.8 Å². The minimum absolute atomic E-state index is 0.650. The van der Waals surface area contributed by atoms with Gasteiger partial charge in [0, 0.05) is 6.54 Å². The summed E-state index contributed by atoms with van der Waals surface area (Å²) in [5, 5.41) is 3.49. The number of ether oxygens (including phenoxy) is 2. The van der Waals surface area contributed by atoms with E-state index in [1.165, 1.54) is 12.0 Å². The van der Waals surface area contributed by atoms with Gasteiger partial charge in [0.1, 0.15) is 0 Å². The lowest BCUT2D eigenvalue weighted by Crippen LogP contribution is -2.27. The summed E-state index contributed by atoms with van der Waals surface area (Å²) in [6.45, 7) is 12.4. The Labute approximate surface area is 129 Å². The molecule has 0 bridgehead atoms. The predicted molar refractivity (Wildman–Crippen MR) is 88.3 cm³/mol. The van der Waals surface area contributed by atoms with E-state index >= 15 is 0 Å². The van der Waals surface area contributed by atoms with Crippen LogP contribution in [0.25, 0.3) is 0 Å². The largest absolute Gasteiger partial charge is 0.493 e. The van der Waals surface area contributed by atoms with Gasteiger partial charge >= 0.3 is 0 Å². The fraction of sp³-hybridized carbons (Fsp3) is 0.647. The molecule has 0 saturated heterocycles. The number of nitrogens with zero attached hydrogens (tertiary/aromatic N) is 1. The van der Waals surface area contributed by atoms with E-state index in [0.717, 1.165) is 44.2 Å². The maximum atomic E-state index is 5.60. The molecule has 0 heterocycles. The van der Waals surface area contributed by atoms with E-state index in [2.05, 4.69) is 36.2 Å². The Morgan fingerprint density at radius 2 is 1.86 bits per heavy atom. The Hall–Kier alpha value is -1.26. The molecule has 0 aliphatic carbocycles. The van der Waals surface area contributed by atoms with Gasteiger partial charge in [-0.05, 0) is 57.2 Å². The zero-order valence-electron chi connectivity index (χ0n) is 13.9. The molecule has 1 N–H and O–H groups in total. The fourth-order valence-electron chi connectivity index (χ4n) is 2.30. The maximum Gasteiger partial charge on any atom is 0.161 e. The molecule has 1 rings (SSSR count). The van der Waals surface area contributed by atoms with Gasteiger partial charge in [0.05, 0.1) is 13.7 Å². The van der Waals surface area contributed by atoms with Crippen LogP contribution in [0.4, 0.5) is 0 Å². The highest BCUT2D eigenvalue weighted by atomic mass is 16.5. The first-order chi connectivity index (χ1) is 10.2. The summed E-state index contributed by atoms with van der Waals surface area (Å²) in [6, 6.07) is 6.11. The Balaban J connectivity index is 2.36. The highest BCUT2D eigenvalue weighted by Gasteiger charge is 2.05. The number of benzene rings is 1. The first-order valence-electron chi connectivity index (χ1n) is 7.97. The summed E-state index contributed by atoms with van der Waals surface area (Å²) >= 11 is 0. The minimum atomic E-state index is 0.650. The summed E-state index contributed by atoms with van der Waals surface area (Å²) in [7, 11) is 1.67. The monoisotopic (exact) mass is 294 g/mol. The SMILES string of the molecule is CCOc1cc(CNCCCN(CC)CC)ccc1OC. The Morgan fingerprint density at radius 1 is 1.10 bits per heavy atom. The van der Waals surface area contributed by atoms with Crippen LogP contribution < -0.4 is 14.8 Å². The Morgan fingerprint density at radius 3 is 2.48 bits per heavy atom. The van der Waals surface area contributed by atoms with Crippen molar-refractivity contribution in [2.75, 3.05) is 39.9 Å². The third kappa shape index (κ3) is 6.36.